The average molecular weight is 358 g/mol. The fourth-order valence-corrected chi connectivity index (χ4v) is 2.57. The van der Waals surface area contributed by atoms with Crippen molar-refractivity contribution in [1.29, 1.82) is 0 Å². The van der Waals surface area contributed by atoms with Crippen molar-refractivity contribution in [3.05, 3.63) is 45.9 Å². The van der Waals surface area contributed by atoms with E-state index >= 15 is 0 Å². The van der Waals surface area contributed by atoms with Gasteiger partial charge in [-0.3, -0.25) is 4.99 Å². The minimum Gasteiger partial charge on any atom is -0.497 e. The molecule has 2 aromatic rings. The van der Waals surface area contributed by atoms with Gasteiger partial charge < -0.3 is 15.4 Å². The summed E-state index contributed by atoms with van der Waals surface area (Å²) in [5, 5.41) is 7.37. The molecule has 0 radical (unpaired) electrons. The van der Waals surface area contributed by atoms with E-state index in [1.54, 1.807) is 14.2 Å². The SMILES string of the molecule is CN=C(NCc1ccc(OC)cc1)NCc1nc(C(F)(F)F)cs1. The second-order valence-corrected chi connectivity index (χ2v) is 5.69. The number of hydrogen-bond acceptors (Lipinski definition) is 4. The third-order valence-corrected chi connectivity index (χ3v) is 3.94. The monoisotopic (exact) mass is 358 g/mol. The third-order valence-electron chi connectivity index (χ3n) is 3.09. The third kappa shape index (κ3) is 5.12. The van der Waals surface area contributed by atoms with Crippen LogP contribution in [0.15, 0.2) is 34.6 Å². The van der Waals surface area contributed by atoms with E-state index in [9.17, 15) is 13.2 Å². The Labute approximate surface area is 141 Å². The molecule has 0 saturated heterocycles. The van der Waals surface area contributed by atoms with E-state index in [4.69, 9.17) is 4.74 Å². The highest BCUT2D eigenvalue weighted by Crippen LogP contribution is 2.29. The minimum absolute atomic E-state index is 0.170. The van der Waals surface area contributed by atoms with Crippen LogP contribution in [0.4, 0.5) is 13.2 Å². The molecule has 5 nitrogen and oxygen atoms in total. The van der Waals surface area contributed by atoms with Crippen LogP contribution >= 0.6 is 11.3 Å². The number of methoxy groups -OCH3 is 1. The fraction of sp³-hybridized carbons (Fsp3) is 0.333. The number of alkyl halides is 3. The van der Waals surface area contributed by atoms with Crippen LogP contribution in [-0.4, -0.2) is 25.1 Å². The number of guanidine groups is 1. The van der Waals surface area contributed by atoms with Gasteiger partial charge in [-0.2, -0.15) is 13.2 Å². The topological polar surface area (TPSA) is 58.5 Å². The summed E-state index contributed by atoms with van der Waals surface area (Å²) in [7, 11) is 3.19. The molecule has 1 aromatic carbocycles. The molecule has 1 aromatic heterocycles. The molecule has 0 aliphatic rings. The number of nitrogens with one attached hydrogen (secondary N) is 2. The maximum Gasteiger partial charge on any atom is 0.434 e. The summed E-state index contributed by atoms with van der Waals surface area (Å²) in [6.07, 6.45) is -4.41. The van der Waals surface area contributed by atoms with Gasteiger partial charge in [0.05, 0.1) is 13.7 Å². The molecule has 0 saturated carbocycles. The lowest BCUT2D eigenvalue weighted by atomic mass is 10.2. The van der Waals surface area contributed by atoms with E-state index in [2.05, 4.69) is 20.6 Å². The standard InChI is InChI=1S/C15H17F3N4OS/c1-19-14(20-7-10-3-5-11(23-2)6-4-10)21-8-13-22-12(9-24-13)15(16,17)18/h3-6,9H,7-8H2,1-2H3,(H2,19,20,21). The molecule has 2 rings (SSSR count). The number of aliphatic imine (C=N–C) groups is 1. The van der Waals surface area contributed by atoms with Crippen molar-refractivity contribution >= 4 is 17.3 Å². The second kappa shape index (κ2) is 8.00. The summed E-state index contributed by atoms with van der Waals surface area (Å²) in [6, 6.07) is 7.52. The molecule has 0 amide bonds. The summed E-state index contributed by atoms with van der Waals surface area (Å²) in [5.41, 5.74) is 0.151. The largest absolute Gasteiger partial charge is 0.497 e. The Kier molecular flexibility index (Phi) is 6.02. The second-order valence-electron chi connectivity index (χ2n) is 4.75. The van der Waals surface area contributed by atoms with Crippen molar-refractivity contribution in [3.63, 3.8) is 0 Å². The molecule has 0 bridgehead atoms. The molecule has 9 heteroatoms. The van der Waals surface area contributed by atoms with Gasteiger partial charge in [0.15, 0.2) is 11.7 Å². The van der Waals surface area contributed by atoms with Gasteiger partial charge in [0.1, 0.15) is 10.8 Å². The van der Waals surface area contributed by atoms with E-state index < -0.39 is 11.9 Å². The summed E-state index contributed by atoms with van der Waals surface area (Å²) >= 11 is 0.957. The quantitative estimate of drug-likeness (QED) is 0.637. The number of aromatic nitrogens is 1. The highest BCUT2D eigenvalue weighted by molar-refractivity contribution is 7.09. The number of rotatable bonds is 5. The predicted octanol–water partition coefficient (Wildman–Crippen LogP) is 3.04. The zero-order chi connectivity index (χ0) is 17.6. The van der Waals surface area contributed by atoms with Gasteiger partial charge in [0, 0.05) is 19.0 Å². The van der Waals surface area contributed by atoms with Crippen molar-refractivity contribution in [2.75, 3.05) is 14.2 Å². The summed E-state index contributed by atoms with van der Waals surface area (Å²) in [6.45, 7) is 0.693. The molecule has 2 N–H and O–H groups in total. The number of halogens is 3. The molecule has 0 aliphatic carbocycles. The molecular formula is C15H17F3N4OS. The summed E-state index contributed by atoms with van der Waals surface area (Å²) < 4.78 is 42.6. The molecular weight excluding hydrogens is 341 g/mol. The average Bonchev–Trinajstić information content (AvgIpc) is 3.05. The van der Waals surface area contributed by atoms with Crippen LogP contribution in [0.3, 0.4) is 0 Å². The zero-order valence-electron chi connectivity index (χ0n) is 13.1. The predicted molar refractivity (Wildman–Crippen MR) is 87.1 cm³/mol. The van der Waals surface area contributed by atoms with Gasteiger partial charge in [-0.25, -0.2) is 4.98 Å². The van der Waals surface area contributed by atoms with Crippen molar-refractivity contribution < 1.29 is 17.9 Å². The summed E-state index contributed by atoms with van der Waals surface area (Å²) in [5.74, 6) is 1.25. The fourth-order valence-electron chi connectivity index (χ4n) is 1.83. The number of benzene rings is 1. The molecule has 130 valence electrons. The molecule has 0 fully saturated rings. The summed E-state index contributed by atoms with van der Waals surface area (Å²) in [4.78, 5) is 7.59. The van der Waals surface area contributed by atoms with E-state index in [0.29, 0.717) is 17.5 Å². The van der Waals surface area contributed by atoms with Gasteiger partial charge in [-0.05, 0) is 17.7 Å². The first-order valence-electron chi connectivity index (χ1n) is 7.01. The van der Waals surface area contributed by atoms with Crippen LogP contribution < -0.4 is 15.4 Å². The smallest absolute Gasteiger partial charge is 0.434 e. The lowest BCUT2D eigenvalue weighted by Gasteiger charge is -2.11. The first-order chi connectivity index (χ1) is 11.4. The van der Waals surface area contributed by atoms with Crippen molar-refractivity contribution in [3.8, 4) is 5.75 Å². The maximum atomic E-state index is 12.5. The Morgan fingerprint density at radius 1 is 1.21 bits per heavy atom. The Hall–Kier alpha value is -2.29. The molecule has 0 atom stereocenters. The van der Waals surface area contributed by atoms with E-state index in [1.165, 1.54) is 0 Å². The Morgan fingerprint density at radius 2 is 1.88 bits per heavy atom. The normalized spacial score (nSPS) is 12.1. The van der Waals surface area contributed by atoms with Gasteiger partial charge in [0.25, 0.3) is 0 Å². The van der Waals surface area contributed by atoms with Crippen LogP contribution in [0.5, 0.6) is 5.75 Å². The number of hydrogen-bond donors (Lipinski definition) is 2. The minimum atomic E-state index is -4.41. The van der Waals surface area contributed by atoms with Crippen molar-refractivity contribution in [2.45, 2.75) is 19.3 Å². The van der Waals surface area contributed by atoms with Gasteiger partial charge >= 0.3 is 6.18 Å². The molecule has 0 aliphatic heterocycles. The number of ether oxygens (including phenoxy) is 1. The number of nitrogens with zero attached hydrogens (tertiary/aromatic N) is 2. The van der Waals surface area contributed by atoms with Crippen LogP contribution in [0.25, 0.3) is 0 Å². The van der Waals surface area contributed by atoms with E-state index in [-0.39, 0.29) is 6.54 Å². The highest BCUT2D eigenvalue weighted by atomic mass is 32.1. The Bertz CT molecular complexity index is 683. The molecule has 24 heavy (non-hydrogen) atoms. The van der Waals surface area contributed by atoms with Crippen LogP contribution in [0, 0.1) is 0 Å². The van der Waals surface area contributed by atoms with E-state index in [0.717, 1.165) is 28.0 Å². The van der Waals surface area contributed by atoms with Crippen molar-refractivity contribution in [1.82, 2.24) is 15.6 Å². The first-order valence-corrected chi connectivity index (χ1v) is 7.89. The Morgan fingerprint density at radius 3 is 2.42 bits per heavy atom. The van der Waals surface area contributed by atoms with Gasteiger partial charge in [-0.1, -0.05) is 12.1 Å². The van der Waals surface area contributed by atoms with Crippen LogP contribution in [-0.2, 0) is 19.3 Å². The lowest BCUT2D eigenvalue weighted by molar-refractivity contribution is -0.140. The first kappa shape index (κ1) is 18.1. The van der Waals surface area contributed by atoms with Gasteiger partial charge in [-0.15, -0.1) is 11.3 Å². The molecule has 0 spiro atoms. The van der Waals surface area contributed by atoms with Crippen molar-refractivity contribution in [2.24, 2.45) is 4.99 Å². The number of thiazole rings is 1. The highest BCUT2D eigenvalue weighted by Gasteiger charge is 2.33. The molecule has 1 heterocycles. The molecule has 0 unspecified atom stereocenters. The van der Waals surface area contributed by atoms with Crippen LogP contribution in [0.2, 0.25) is 0 Å². The zero-order valence-corrected chi connectivity index (χ0v) is 14.0. The Balaban J connectivity index is 1.85. The maximum absolute atomic E-state index is 12.5. The lowest BCUT2D eigenvalue weighted by Crippen LogP contribution is -2.36. The van der Waals surface area contributed by atoms with Gasteiger partial charge in [0.2, 0.25) is 0 Å². The van der Waals surface area contributed by atoms with Crippen LogP contribution in [0.1, 0.15) is 16.3 Å². The van der Waals surface area contributed by atoms with E-state index in [1.807, 2.05) is 24.3 Å².